The predicted molar refractivity (Wildman–Crippen MR) is 68.3 cm³/mol. The number of nitrogens with two attached hydrogens (primary N) is 1. The molecule has 18 heavy (non-hydrogen) atoms. The van der Waals surface area contributed by atoms with E-state index in [9.17, 15) is 9.59 Å². The molecule has 3 amide bonds. The molecule has 0 radical (unpaired) electrons. The molecular formula is C11H17N5O2. The molecule has 0 aromatic carbocycles. The Kier molecular flexibility index (Phi) is 5.43. The number of nitrogens with one attached hydrogen (secondary N) is 3. The monoisotopic (exact) mass is 251 g/mol. The number of anilines is 1. The van der Waals surface area contributed by atoms with Crippen molar-refractivity contribution in [1.82, 2.24) is 15.6 Å². The van der Waals surface area contributed by atoms with Gasteiger partial charge in [-0.1, -0.05) is 6.07 Å². The third kappa shape index (κ3) is 4.69. The second kappa shape index (κ2) is 7.10. The fourth-order valence-electron chi connectivity index (χ4n) is 1.29. The number of nitrogens with zero attached hydrogens (tertiary/aromatic N) is 1. The SMILES string of the molecule is CCNc1cccc(C(=O)NCCNC(N)=O)n1. The van der Waals surface area contributed by atoms with Crippen LogP contribution in [0.2, 0.25) is 0 Å². The number of carbonyl (C=O) groups is 2. The van der Waals surface area contributed by atoms with Crippen LogP contribution in [0.4, 0.5) is 10.6 Å². The summed E-state index contributed by atoms with van der Waals surface area (Å²) in [5.74, 6) is 0.362. The average Bonchev–Trinajstić information content (AvgIpc) is 2.35. The van der Waals surface area contributed by atoms with Gasteiger partial charge >= 0.3 is 6.03 Å². The molecule has 0 aliphatic carbocycles. The highest BCUT2D eigenvalue weighted by molar-refractivity contribution is 5.92. The van der Waals surface area contributed by atoms with Crippen molar-refractivity contribution in [3.63, 3.8) is 0 Å². The molecule has 7 nitrogen and oxygen atoms in total. The minimum absolute atomic E-state index is 0.286. The smallest absolute Gasteiger partial charge is 0.312 e. The molecule has 0 aliphatic heterocycles. The van der Waals surface area contributed by atoms with Gasteiger partial charge in [-0.2, -0.15) is 0 Å². The van der Waals surface area contributed by atoms with E-state index in [4.69, 9.17) is 5.73 Å². The summed E-state index contributed by atoms with van der Waals surface area (Å²) < 4.78 is 0. The zero-order valence-corrected chi connectivity index (χ0v) is 10.2. The van der Waals surface area contributed by atoms with E-state index >= 15 is 0 Å². The van der Waals surface area contributed by atoms with Gasteiger partial charge in [-0.3, -0.25) is 4.79 Å². The number of carbonyl (C=O) groups excluding carboxylic acids is 2. The first-order valence-electron chi connectivity index (χ1n) is 5.66. The lowest BCUT2D eigenvalue weighted by Crippen LogP contribution is -2.37. The summed E-state index contributed by atoms with van der Waals surface area (Å²) in [5.41, 5.74) is 5.22. The lowest BCUT2D eigenvalue weighted by molar-refractivity contribution is 0.0949. The number of primary amides is 1. The van der Waals surface area contributed by atoms with Gasteiger partial charge in [0, 0.05) is 19.6 Å². The molecule has 0 unspecified atom stereocenters. The number of hydrogen-bond acceptors (Lipinski definition) is 4. The first kappa shape index (κ1) is 13.8. The second-order valence-electron chi connectivity index (χ2n) is 3.49. The lowest BCUT2D eigenvalue weighted by Gasteiger charge is -2.07. The summed E-state index contributed by atoms with van der Waals surface area (Å²) in [4.78, 5) is 26.2. The topological polar surface area (TPSA) is 109 Å². The van der Waals surface area contributed by atoms with Crippen molar-refractivity contribution in [1.29, 1.82) is 0 Å². The zero-order valence-electron chi connectivity index (χ0n) is 10.2. The van der Waals surface area contributed by atoms with Crippen molar-refractivity contribution in [3.8, 4) is 0 Å². The molecule has 7 heteroatoms. The van der Waals surface area contributed by atoms with Crippen LogP contribution in [0.1, 0.15) is 17.4 Å². The Morgan fingerprint density at radius 2 is 2.00 bits per heavy atom. The van der Waals surface area contributed by atoms with Crippen LogP contribution in [0.25, 0.3) is 0 Å². The quantitative estimate of drug-likeness (QED) is 0.530. The maximum absolute atomic E-state index is 11.7. The summed E-state index contributed by atoms with van der Waals surface area (Å²) in [7, 11) is 0. The van der Waals surface area contributed by atoms with Crippen LogP contribution in [0.5, 0.6) is 0 Å². The van der Waals surface area contributed by atoms with Crippen LogP contribution in [0.15, 0.2) is 18.2 Å². The second-order valence-corrected chi connectivity index (χ2v) is 3.49. The van der Waals surface area contributed by atoms with Gasteiger partial charge < -0.3 is 21.7 Å². The molecule has 0 fully saturated rings. The summed E-state index contributed by atoms with van der Waals surface area (Å²) in [6, 6.07) is 4.55. The minimum Gasteiger partial charge on any atom is -0.370 e. The predicted octanol–water partition coefficient (Wildman–Crippen LogP) is -0.0885. The van der Waals surface area contributed by atoms with Crippen molar-refractivity contribution < 1.29 is 9.59 Å². The average molecular weight is 251 g/mol. The molecule has 0 bridgehead atoms. The van der Waals surface area contributed by atoms with E-state index in [-0.39, 0.29) is 12.5 Å². The summed E-state index contributed by atoms with van der Waals surface area (Å²) in [5, 5.41) is 8.02. The fourth-order valence-corrected chi connectivity index (χ4v) is 1.29. The van der Waals surface area contributed by atoms with Crippen LogP contribution in [0, 0.1) is 0 Å². The minimum atomic E-state index is -0.614. The van der Waals surface area contributed by atoms with E-state index in [1.54, 1.807) is 18.2 Å². The largest absolute Gasteiger partial charge is 0.370 e. The normalized spacial score (nSPS) is 9.61. The van der Waals surface area contributed by atoms with Gasteiger partial charge in [0.05, 0.1) is 0 Å². The lowest BCUT2D eigenvalue weighted by atomic mass is 10.3. The first-order valence-corrected chi connectivity index (χ1v) is 5.66. The Morgan fingerprint density at radius 1 is 1.28 bits per heavy atom. The van der Waals surface area contributed by atoms with E-state index in [0.717, 1.165) is 6.54 Å². The van der Waals surface area contributed by atoms with Crippen LogP contribution < -0.4 is 21.7 Å². The van der Waals surface area contributed by atoms with Crippen LogP contribution in [0.3, 0.4) is 0 Å². The standard InChI is InChI=1S/C11H17N5O2/c1-2-13-9-5-3-4-8(16-9)10(17)14-6-7-15-11(12)18/h3-5H,2,6-7H2,1H3,(H,13,16)(H,14,17)(H3,12,15,18). The number of hydrogen-bond donors (Lipinski definition) is 4. The molecule has 98 valence electrons. The van der Waals surface area contributed by atoms with E-state index in [1.807, 2.05) is 6.92 Å². The molecule has 1 aromatic heterocycles. The number of amides is 3. The Bertz CT molecular complexity index is 422. The van der Waals surface area contributed by atoms with Crippen molar-refractivity contribution >= 4 is 17.8 Å². The van der Waals surface area contributed by atoms with Crippen molar-refractivity contribution in [2.75, 3.05) is 25.0 Å². The fraction of sp³-hybridized carbons (Fsp3) is 0.364. The van der Waals surface area contributed by atoms with E-state index in [1.165, 1.54) is 0 Å². The summed E-state index contributed by atoms with van der Waals surface area (Å²) in [6.45, 7) is 3.27. The van der Waals surface area contributed by atoms with E-state index in [0.29, 0.717) is 18.1 Å². The highest BCUT2D eigenvalue weighted by Crippen LogP contribution is 2.04. The molecule has 0 saturated carbocycles. The Labute approximate surface area is 105 Å². The molecule has 1 aromatic rings. The van der Waals surface area contributed by atoms with Gasteiger partial charge in [-0.15, -0.1) is 0 Å². The van der Waals surface area contributed by atoms with Gasteiger partial charge in [0.2, 0.25) is 0 Å². The third-order valence-electron chi connectivity index (χ3n) is 2.05. The maximum atomic E-state index is 11.7. The maximum Gasteiger partial charge on any atom is 0.312 e. The van der Waals surface area contributed by atoms with E-state index in [2.05, 4.69) is 20.9 Å². The zero-order chi connectivity index (χ0) is 13.4. The van der Waals surface area contributed by atoms with E-state index < -0.39 is 6.03 Å². The van der Waals surface area contributed by atoms with Crippen LogP contribution in [-0.2, 0) is 0 Å². The highest BCUT2D eigenvalue weighted by atomic mass is 16.2. The van der Waals surface area contributed by atoms with Gasteiger partial charge in [0.1, 0.15) is 11.5 Å². The molecular weight excluding hydrogens is 234 g/mol. The summed E-state index contributed by atoms with van der Waals surface area (Å²) in [6.07, 6.45) is 0. The number of rotatable bonds is 6. The number of aromatic nitrogens is 1. The molecule has 0 spiro atoms. The number of pyridine rings is 1. The van der Waals surface area contributed by atoms with Gasteiger partial charge in [0.25, 0.3) is 5.91 Å². The van der Waals surface area contributed by atoms with Crippen molar-refractivity contribution in [3.05, 3.63) is 23.9 Å². The Morgan fingerprint density at radius 3 is 2.67 bits per heavy atom. The van der Waals surface area contributed by atoms with Gasteiger partial charge in [-0.05, 0) is 19.1 Å². The molecule has 0 saturated heterocycles. The summed E-state index contributed by atoms with van der Waals surface area (Å²) >= 11 is 0. The van der Waals surface area contributed by atoms with Crippen molar-refractivity contribution in [2.45, 2.75) is 6.92 Å². The molecule has 0 aliphatic rings. The molecule has 1 heterocycles. The van der Waals surface area contributed by atoms with Crippen LogP contribution >= 0.6 is 0 Å². The van der Waals surface area contributed by atoms with Gasteiger partial charge in [0.15, 0.2) is 0 Å². The van der Waals surface area contributed by atoms with Gasteiger partial charge in [-0.25, -0.2) is 9.78 Å². The Hall–Kier alpha value is -2.31. The molecule has 5 N–H and O–H groups in total. The van der Waals surface area contributed by atoms with Crippen molar-refractivity contribution in [2.24, 2.45) is 5.73 Å². The van der Waals surface area contributed by atoms with Crippen LogP contribution in [-0.4, -0.2) is 36.6 Å². The number of urea groups is 1. The highest BCUT2D eigenvalue weighted by Gasteiger charge is 2.06. The molecule has 0 atom stereocenters. The molecule has 1 rings (SSSR count). The first-order chi connectivity index (χ1) is 8.63. The third-order valence-corrected chi connectivity index (χ3v) is 2.05. The Balaban J connectivity index is 2.45.